The summed E-state index contributed by atoms with van der Waals surface area (Å²) in [6.07, 6.45) is 0. The summed E-state index contributed by atoms with van der Waals surface area (Å²) in [5.74, 6) is 0. The molecule has 3 nitrogen and oxygen atoms in total. The van der Waals surface area contributed by atoms with Crippen LogP contribution in [-0.2, 0) is 10.8 Å². The van der Waals surface area contributed by atoms with Crippen molar-refractivity contribution in [2.75, 3.05) is 0 Å². The van der Waals surface area contributed by atoms with Crippen molar-refractivity contribution in [3.8, 4) is 0 Å². The Bertz CT molecular complexity index is 713. The fraction of sp³-hybridized carbons (Fsp3) is 0.529. The van der Waals surface area contributed by atoms with E-state index in [-0.39, 0.29) is 16.5 Å². The van der Waals surface area contributed by atoms with Crippen LogP contribution in [0.15, 0.2) is 21.3 Å². The first kappa shape index (κ1) is 14.8. The van der Waals surface area contributed by atoms with Crippen LogP contribution in [-0.4, -0.2) is 4.98 Å². The molecule has 0 saturated carbocycles. The van der Waals surface area contributed by atoms with Gasteiger partial charge in [0.1, 0.15) is 11.2 Å². The number of rotatable bonds is 0. The molecule has 3 heteroatoms. The van der Waals surface area contributed by atoms with E-state index >= 15 is 0 Å². The molecular weight excluding hydrogens is 250 g/mol. The van der Waals surface area contributed by atoms with Gasteiger partial charge in [0.15, 0.2) is 5.58 Å². The molecule has 0 N–H and O–H groups in total. The van der Waals surface area contributed by atoms with Crippen LogP contribution in [0.2, 0.25) is 0 Å². The van der Waals surface area contributed by atoms with E-state index in [1.165, 1.54) is 5.56 Å². The first-order valence-corrected chi connectivity index (χ1v) is 6.96. The normalized spacial score (nSPS) is 12.9. The molecule has 1 aromatic heterocycles. The molecule has 0 fully saturated rings. The van der Waals surface area contributed by atoms with Gasteiger partial charge in [0.05, 0.1) is 0 Å². The van der Waals surface area contributed by atoms with Gasteiger partial charge in [-0.05, 0) is 29.4 Å². The van der Waals surface area contributed by atoms with Crippen molar-refractivity contribution in [2.24, 2.45) is 0 Å². The van der Waals surface area contributed by atoms with E-state index < -0.39 is 0 Å². The van der Waals surface area contributed by atoms with Crippen molar-refractivity contribution < 1.29 is 4.42 Å². The number of aromatic nitrogens is 1. The molecular formula is C17H23NO2. The molecule has 0 unspecified atom stereocenters. The standard InChI is InChI=1S/C17H23NO2/c1-10-15(19)20-14-12(17(5,6)7)8-11(16(2,3)4)9-13(14)18-10/h8-9H,1-7H3. The van der Waals surface area contributed by atoms with Crippen LogP contribution in [0.3, 0.4) is 0 Å². The van der Waals surface area contributed by atoms with E-state index in [0.717, 1.165) is 11.1 Å². The predicted molar refractivity (Wildman–Crippen MR) is 82.4 cm³/mol. The summed E-state index contributed by atoms with van der Waals surface area (Å²) in [6, 6.07) is 4.17. The summed E-state index contributed by atoms with van der Waals surface area (Å²) in [6.45, 7) is 14.6. The summed E-state index contributed by atoms with van der Waals surface area (Å²) in [5, 5.41) is 0. The molecule has 0 bridgehead atoms. The summed E-state index contributed by atoms with van der Waals surface area (Å²) in [5.41, 5.74) is 3.59. The van der Waals surface area contributed by atoms with Crippen molar-refractivity contribution >= 4 is 11.1 Å². The molecule has 0 spiro atoms. The highest BCUT2D eigenvalue weighted by molar-refractivity contribution is 5.78. The van der Waals surface area contributed by atoms with E-state index in [1.54, 1.807) is 6.92 Å². The van der Waals surface area contributed by atoms with Crippen molar-refractivity contribution in [1.82, 2.24) is 4.98 Å². The summed E-state index contributed by atoms with van der Waals surface area (Å²) >= 11 is 0. The minimum absolute atomic E-state index is 0.0277. The number of aryl methyl sites for hydroxylation is 1. The Labute approximate surface area is 120 Å². The van der Waals surface area contributed by atoms with E-state index in [0.29, 0.717) is 11.3 Å². The predicted octanol–water partition coefficient (Wildman–Crippen LogP) is 4.09. The SMILES string of the molecule is Cc1nc2cc(C(C)(C)C)cc(C(C)(C)C)c2oc1=O. The molecule has 2 aromatic rings. The minimum atomic E-state index is -0.355. The highest BCUT2D eigenvalue weighted by atomic mass is 16.4. The smallest absolute Gasteiger partial charge is 0.357 e. The van der Waals surface area contributed by atoms with Gasteiger partial charge in [0.25, 0.3) is 0 Å². The minimum Gasteiger partial charge on any atom is -0.419 e. The zero-order valence-corrected chi connectivity index (χ0v) is 13.4. The third-order valence-corrected chi connectivity index (χ3v) is 3.52. The van der Waals surface area contributed by atoms with E-state index in [9.17, 15) is 4.79 Å². The highest BCUT2D eigenvalue weighted by Crippen LogP contribution is 2.34. The average Bonchev–Trinajstić information content (AvgIpc) is 2.26. The Morgan fingerprint density at radius 1 is 1.00 bits per heavy atom. The van der Waals surface area contributed by atoms with Crippen LogP contribution in [0.5, 0.6) is 0 Å². The Kier molecular flexibility index (Phi) is 3.28. The van der Waals surface area contributed by atoms with Gasteiger partial charge in [-0.2, -0.15) is 0 Å². The van der Waals surface area contributed by atoms with Gasteiger partial charge < -0.3 is 4.42 Å². The zero-order chi connectivity index (χ0) is 15.3. The zero-order valence-electron chi connectivity index (χ0n) is 13.4. The van der Waals surface area contributed by atoms with Gasteiger partial charge in [-0.15, -0.1) is 0 Å². The summed E-state index contributed by atoms with van der Waals surface area (Å²) < 4.78 is 5.50. The second-order valence-electron chi connectivity index (χ2n) is 7.46. The second-order valence-corrected chi connectivity index (χ2v) is 7.46. The number of fused-ring (bicyclic) bond motifs is 1. The third kappa shape index (κ3) is 2.62. The Morgan fingerprint density at radius 2 is 1.60 bits per heavy atom. The van der Waals surface area contributed by atoms with E-state index in [4.69, 9.17) is 4.42 Å². The Hall–Kier alpha value is -1.64. The number of benzene rings is 1. The van der Waals surface area contributed by atoms with Crippen molar-refractivity contribution in [1.29, 1.82) is 0 Å². The van der Waals surface area contributed by atoms with Crippen molar-refractivity contribution in [3.63, 3.8) is 0 Å². The van der Waals surface area contributed by atoms with Gasteiger partial charge in [-0.25, -0.2) is 9.78 Å². The van der Waals surface area contributed by atoms with Gasteiger partial charge in [-0.1, -0.05) is 47.6 Å². The molecule has 108 valence electrons. The first-order valence-electron chi connectivity index (χ1n) is 6.96. The highest BCUT2D eigenvalue weighted by Gasteiger charge is 2.24. The first-order chi connectivity index (χ1) is 9.00. The number of nitrogens with zero attached hydrogens (tertiary/aromatic N) is 1. The summed E-state index contributed by atoms with van der Waals surface area (Å²) in [4.78, 5) is 16.2. The number of hydrogen-bond acceptors (Lipinski definition) is 3. The molecule has 0 saturated heterocycles. The molecule has 1 heterocycles. The molecule has 1 aromatic carbocycles. The molecule has 0 atom stereocenters. The molecule has 20 heavy (non-hydrogen) atoms. The van der Waals surface area contributed by atoms with Crippen LogP contribution < -0.4 is 5.63 Å². The van der Waals surface area contributed by atoms with Gasteiger partial charge in [0, 0.05) is 5.56 Å². The Morgan fingerprint density at radius 3 is 2.10 bits per heavy atom. The van der Waals surface area contributed by atoms with Crippen LogP contribution in [0.1, 0.15) is 58.4 Å². The third-order valence-electron chi connectivity index (χ3n) is 3.52. The monoisotopic (exact) mass is 273 g/mol. The lowest BCUT2D eigenvalue weighted by Crippen LogP contribution is -2.18. The molecule has 0 aliphatic carbocycles. The average molecular weight is 273 g/mol. The maximum Gasteiger partial charge on any atom is 0.357 e. The van der Waals surface area contributed by atoms with Crippen LogP contribution in [0.25, 0.3) is 11.1 Å². The van der Waals surface area contributed by atoms with Gasteiger partial charge in [-0.3, -0.25) is 0 Å². The van der Waals surface area contributed by atoms with Crippen LogP contribution in [0, 0.1) is 6.92 Å². The van der Waals surface area contributed by atoms with Crippen LogP contribution >= 0.6 is 0 Å². The maximum absolute atomic E-state index is 11.8. The van der Waals surface area contributed by atoms with Gasteiger partial charge >= 0.3 is 5.63 Å². The maximum atomic E-state index is 11.8. The lowest BCUT2D eigenvalue weighted by atomic mass is 9.80. The van der Waals surface area contributed by atoms with Crippen molar-refractivity contribution in [3.05, 3.63) is 39.4 Å². The van der Waals surface area contributed by atoms with E-state index in [1.807, 2.05) is 6.07 Å². The quantitative estimate of drug-likeness (QED) is 0.726. The molecule has 0 aliphatic rings. The lowest BCUT2D eigenvalue weighted by Gasteiger charge is -2.25. The molecule has 0 aliphatic heterocycles. The molecule has 0 amide bonds. The molecule has 0 radical (unpaired) electrons. The number of hydrogen-bond donors (Lipinski definition) is 0. The second kappa shape index (κ2) is 4.44. The topological polar surface area (TPSA) is 43.1 Å². The van der Waals surface area contributed by atoms with Gasteiger partial charge in [0.2, 0.25) is 0 Å². The largest absolute Gasteiger partial charge is 0.419 e. The lowest BCUT2D eigenvalue weighted by molar-refractivity contribution is 0.516. The molecule has 2 rings (SSSR count). The fourth-order valence-electron chi connectivity index (χ4n) is 2.19. The Balaban J connectivity index is 2.93. The summed E-state index contributed by atoms with van der Waals surface area (Å²) in [7, 11) is 0. The fourth-order valence-corrected chi connectivity index (χ4v) is 2.19. The van der Waals surface area contributed by atoms with Crippen LogP contribution in [0.4, 0.5) is 0 Å². The van der Waals surface area contributed by atoms with E-state index in [2.05, 4.69) is 52.6 Å². The van der Waals surface area contributed by atoms with Crippen molar-refractivity contribution in [2.45, 2.75) is 59.3 Å².